The lowest BCUT2D eigenvalue weighted by atomic mass is 10.0. The summed E-state index contributed by atoms with van der Waals surface area (Å²) in [7, 11) is -1.75. The number of hydrogen-bond donors (Lipinski definition) is 3. The topological polar surface area (TPSA) is 148 Å². The number of amides is 1. The Hall–Kier alpha value is -3.28. The smallest absolute Gasteiger partial charge is 0.243 e. The number of nitrogens with one attached hydrogen (secondary N) is 1. The second kappa shape index (κ2) is 11.6. The predicted octanol–water partition coefficient (Wildman–Crippen LogP) is 2.28. The molecule has 5 N–H and O–H groups in total. The lowest BCUT2D eigenvalue weighted by molar-refractivity contribution is -0.119. The first kappa shape index (κ1) is 27.3. The van der Waals surface area contributed by atoms with Gasteiger partial charge >= 0.3 is 0 Å². The first-order valence-electron chi connectivity index (χ1n) is 11.9. The largest absolute Gasteiger partial charge is 0.399 e. The second-order valence-electron chi connectivity index (χ2n) is 9.08. The summed E-state index contributed by atoms with van der Waals surface area (Å²) in [6, 6.07) is 13.2. The van der Waals surface area contributed by atoms with Crippen LogP contribution >= 0.6 is 0 Å². The van der Waals surface area contributed by atoms with E-state index in [2.05, 4.69) is 15.3 Å². The average Bonchev–Trinajstić information content (AvgIpc) is 2.82. The molecular weight excluding hydrogens is 478 g/mol. The summed E-state index contributed by atoms with van der Waals surface area (Å²) in [6.07, 6.45) is 0. The van der Waals surface area contributed by atoms with Gasteiger partial charge in [-0.2, -0.15) is 4.31 Å². The molecule has 0 fully saturated rings. The first-order chi connectivity index (χ1) is 17.0. The number of aromatic nitrogens is 2. The highest BCUT2D eigenvalue weighted by atomic mass is 32.2. The third-order valence-electron chi connectivity index (χ3n) is 5.93. The van der Waals surface area contributed by atoms with Crippen molar-refractivity contribution >= 4 is 38.3 Å². The van der Waals surface area contributed by atoms with Crippen LogP contribution in [0.15, 0.2) is 53.4 Å². The van der Waals surface area contributed by atoms with Gasteiger partial charge in [-0.3, -0.25) is 9.69 Å². The number of rotatable bonds is 12. The van der Waals surface area contributed by atoms with Crippen molar-refractivity contribution in [1.29, 1.82) is 0 Å². The van der Waals surface area contributed by atoms with Crippen molar-refractivity contribution in [2.75, 3.05) is 37.7 Å². The molecule has 0 saturated carbocycles. The molecular formula is C25H35N7O3S. The minimum atomic E-state index is -3.64. The van der Waals surface area contributed by atoms with Gasteiger partial charge in [-0.15, -0.1) is 0 Å². The van der Waals surface area contributed by atoms with Crippen LogP contribution in [0.4, 0.5) is 11.5 Å². The highest BCUT2D eigenvalue weighted by Gasteiger charge is 2.24. The Labute approximate surface area is 212 Å². The minimum absolute atomic E-state index is 0.0228. The normalized spacial score (nSPS) is 13.0. The van der Waals surface area contributed by atoms with Gasteiger partial charge in [0.1, 0.15) is 17.7 Å². The molecule has 194 valence electrons. The van der Waals surface area contributed by atoms with Crippen LogP contribution in [0.1, 0.15) is 26.6 Å². The summed E-state index contributed by atoms with van der Waals surface area (Å²) in [5.74, 6) is 0.622. The number of fused-ring (bicyclic) bond motifs is 1. The number of sulfonamides is 1. The summed E-state index contributed by atoms with van der Waals surface area (Å²) in [6.45, 7) is 7.14. The van der Waals surface area contributed by atoms with E-state index in [9.17, 15) is 13.2 Å². The third-order valence-corrected chi connectivity index (χ3v) is 7.92. The molecule has 0 aliphatic heterocycles. The van der Waals surface area contributed by atoms with Crippen LogP contribution in [-0.4, -0.2) is 66.2 Å². The summed E-state index contributed by atoms with van der Waals surface area (Å²) in [5, 5.41) is 3.99. The van der Waals surface area contributed by atoms with Gasteiger partial charge < -0.3 is 16.8 Å². The van der Waals surface area contributed by atoms with Crippen molar-refractivity contribution < 1.29 is 13.2 Å². The maximum Gasteiger partial charge on any atom is 0.243 e. The number of benzene rings is 2. The number of nitrogen functional groups attached to an aromatic ring is 1. The highest BCUT2D eigenvalue weighted by Crippen LogP contribution is 2.23. The monoisotopic (exact) mass is 513 g/mol. The Morgan fingerprint density at radius 3 is 2.33 bits per heavy atom. The van der Waals surface area contributed by atoms with E-state index in [1.54, 1.807) is 12.1 Å². The number of primary amides is 1. The number of likely N-dealkylation sites (N-methyl/N-ethyl adjacent to an activating group) is 2. The van der Waals surface area contributed by atoms with E-state index >= 15 is 0 Å². The van der Waals surface area contributed by atoms with E-state index in [1.165, 1.54) is 16.4 Å². The molecule has 36 heavy (non-hydrogen) atoms. The van der Waals surface area contributed by atoms with Crippen molar-refractivity contribution in [3.63, 3.8) is 0 Å². The van der Waals surface area contributed by atoms with Crippen molar-refractivity contribution in [1.82, 2.24) is 19.2 Å². The summed E-state index contributed by atoms with van der Waals surface area (Å²) < 4.78 is 27.5. The van der Waals surface area contributed by atoms with Gasteiger partial charge in [0.15, 0.2) is 0 Å². The first-order valence-corrected chi connectivity index (χ1v) is 13.3. The van der Waals surface area contributed by atoms with Gasteiger partial charge in [-0.25, -0.2) is 18.4 Å². The van der Waals surface area contributed by atoms with Crippen LogP contribution in [0, 0.1) is 5.92 Å². The Bertz CT molecular complexity index is 1300. The number of carbonyl (C=O) groups is 1. The molecule has 11 heteroatoms. The van der Waals surface area contributed by atoms with Crippen LogP contribution in [0.2, 0.25) is 0 Å². The van der Waals surface area contributed by atoms with Crippen LogP contribution in [0.5, 0.6) is 0 Å². The molecule has 3 aromatic rings. The number of anilines is 2. The zero-order valence-corrected chi connectivity index (χ0v) is 22.0. The molecule has 0 unspecified atom stereocenters. The Morgan fingerprint density at radius 1 is 1.06 bits per heavy atom. The lowest BCUT2D eigenvalue weighted by Gasteiger charge is -2.24. The van der Waals surface area contributed by atoms with Gasteiger partial charge in [0.05, 0.1) is 17.0 Å². The van der Waals surface area contributed by atoms with Gasteiger partial charge in [0.2, 0.25) is 15.9 Å². The molecule has 0 spiro atoms. The van der Waals surface area contributed by atoms with Crippen LogP contribution in [-0.2, 0) is 21.4 Å². The van der Waals surface area contributed by atoms with Gasteiger partial charge in [-0.05, 0) is 49.4 Å². The maximum atomic E-state index is 13.0. The SMILES string of the molecule is CCN(CCN(C)Cc1nc(N[C@H](C(N)=O)C(C)C)c2ccccc2n1)S(=O)(=O)c1ccc(N)cc1. The molecule has 0 aliphatic rings. The molecule has 1 atom stereocenters. The number of para-hydroxylation sites is 1. The second-order valence-corrected chi connectivity index (χ2v) is 11.0. The summed E-state index contributed by atoms with van der Waals surface area (Å²) in [4.78, 5) is 23.5. The van der Waals surface area contributed by atoms with Crippen molar-refractivity contribution in [2.45, 2.75) is 38.3 Å². The van der Waals surface area contributed by atoms with E-state index < -0.39 is 22.0 Å². The number of carbonyl (C=O) groups excluding carboxylic acids is 1. The Balaban J connectivity index is 1.76. The summed E-state index contributed by atoms with van der Waals surface area (Å²) in [5.41, 5.74) is 12.6. The number of hydrogen-bond acceptors (Lipinski definition) is 8. The van der Waals surface area contributed by atoms with Crippen LogP contribution < -0.4 is 16.8 Å². The molecule has 0 bridgehead atoms. The zero-order valence-electron chi connectivity index (χ0n) is 21.2. The highest BCUT2D eigenvalue weighted by molar-refractivity contribution is 7.89. The number of nitrogens with zero attached hydrogens (tertiary/aromatic N) is 4. The van der Waals surface area contributed by atoms with Crippen LogP contribution in [0.25, 0.3) is 10.9 Å². The van der Waals surface area contributed by atoms with Crippen molar-refractivity contribution in [3.8, 4) is 0 Å². The molecule has 0 aliphatic carbocycles. The standard InChI is InChI=1S/C25H35N7O3S/c1-5-32(36(34,35)19-12-10-18(26)11-13-19)15-14-31(4)16-22-28-21-9-7-6-8-20(21)25(29-22)30-23(17(2)3)24(27)33/h6-13,17,23H,5,14-16,26H2,1-4H3,(H2,27,33)(H,28,29,30)/t23-/m0/s1. The van der Waals surface area contributed by atoms with Gasteiger partial charge in [0, 0.05) is 30.7 Å². The minimum Gasteiger partial charge on any atom is -0.399 e. The van der Waals surface area contributed by atoms with Crippen molar-refractivity contribution in [2.24, 2.45) is 11.7 Å². The zero-order chi connectivity index (χ0) is 26.5. The summed E-state index contributed by atoms with van der Waals surface area (Å²) >= 11 is 0. The fourth-order valence-electron chi connectivity index (χ4n) is 3.86. The maximum absolute atomic E-state index is 13.0. The predicted molar refractivity (Wildman–Crippen MR) is 143 cm³/mol. The fraction of sp³-hybridized carbons (Fsp3) is 0.400. The fourth-order valence-corrected chi connectivity index (χ4v) is 5.30. The van der Waals surface area contributed by atoms with E-state index in [0.717, 1.165) is 10.9 Å². The quantitative estimate of drug-likeness (QED) is 0.313. The Kier molecular flexibility index (Phi) is 8.83. The molecule has 2 aromatic carbocycles. The van der Waals surface area contributed by atoms with E-state index in [4.69, 9.17) is 11.5 Å². The molecule has 1 heterocycles. The Morgan fingerprint density at radius 2 is 1.72 bits per heavy atom. The molecule has 0 radical (unpaired) electrons. The van der Waals surface area contributed by atoms with Gasteiger partial charge in [0.25, 0.3) is 0 Å². The van der Waals surface area contributed by atoms with Crippen LogP contribution in [0.3, 0.4) is 0 Å². The average molecular weight is 514 g/mol. The van der Waals surface area contributed by atoms with E-state index in [1.807, 2.05) is 57.0 Å². The molecule has 3 rings (SSSR count). The van der Waals surface area contributed by atoms with Crippen molar-refractivity contribution in [3.05, 3.63) is 54.4 Å². The molecule has 0 saturated heterocycles. The number of nitrogens with two attached hydrogens (primary N) is 2. The molecule has 1 amide bonds. The lowest BCUT2D eigenvalue weighted by Crippen LogP contribution is -2.40. The van der Waals surface area contributed by atoms with Gasteiger partial charge in [-0.1, -0.05) is 32.9 Å². The molecule has 10 nitrogen and oxygen atoms in total. The van der Waals surface area contributed by atoms with E-state index in [0.29, 0.717) is 43.5 Å². The molecule has 1 aromatic heterocycles. The third kappa shape index (κ3) is 6.48. The van der Waals surface area contributed by atoms with E-state index in [-0.39, 0.29) is 10.8 Å².